The molecule has 17 heavy (non-hydrogen) atoms. The molecule has 0 unspecified atom stereocenters. The third kappa shape index (κ3) is 5.23. The first kappa shape index (κ1) is 13.3. The molecule has 0 aliphatic heterocycles. The molecule has 0 N–H and O–H groups in total. The number of benzene rings is 1. The van der Waals surface area contributed by atoms with Crippen LogP contribution in [0, 0.1) is 11.3 Å². The van der Waals surface area contributed by atoms with Gasteiger partial charge in [0.05, 0.1) is 18.4 Å². The van der Waals surface area contributed by atoms with Gasteiger partial charge in [0.25, 0.3) is 0 Å². The summed E-state index contributed by atoms with van der Waals surface area (Å²) in [7, 11) is 0. The Morgan fingerprint density at radius 3 is 3.12 bits per heavy atom. The summed E-state index contributed by atoms with van der Waals surface area (Å²) in [5.41, 5.74) is 0.945. The summed E-state index contributed by atoms with van der Waals surface area (Å²) < 4.78 is 4.84. The minimum absolute atomic E-state index is 0.213. The Kier molecular flexibility index (Phi) is 5.91. The molecule has 1 aromatic carbocycles. The molecule has 88 valence electrons. The van der Waals surface area contributed by atoms with Gasteiger partial charge in [0.1, 0.15) is 0 Å². The van der Waals surface area contributed by atoms with Crippen LogP contribution in [0.15, 0.2) is 35.2 Å². The monoisotopic (exact) mass is 247 g/mol. The third-order valence-electron chi connectivity index (χ3n) is 1.87. The Balaban J connectivity index is 2.57. The van der Waals surface area contributed by atoms with Crippen molar-refractivity contribution in [2.24, 2.45) is 0 Å². The van der Waals surface area contributed by atoms with E-state index in [4.69, 9.17) is 10.00 Å². The number of carbonyl (C=O) groups is 1. The number of allylic oxidation sites excluding steroid dienone is 1. The Morgan fingerprint density at radius 1 is 1.59 bits per heavy atom. The first-order valence-corrected chi connectivity index (χ1v) is 6.19. The summed E-state index contributed by atoms with van der Waals surface area (Å²) in [5.74, 6) is 0.0923. The fraction of sp³-hybridized carbons (Fsp3) is 0.231. The lowest BCUT2D eigenvalue weighted by atomic mass is 10.2. The van der Waals surface area contributed by atoms with Gasteiger partial charge in [-0.25, -0.2) is 0 Å². The SMILES string of the molecule is CCOC(=O)CSc1cccc(/C=C/C#N)c1. The van der Waals surface area contributed by atoms with E-state index in [2.05, 4.69) is 0 Å². The second kappa shape index (κ2) is 7.53. The lowest BCUT2D eigenvalue weighted by Crippen LogP contribution is -2.06. The molecule has 1 aromatic rings. The normalized spacial score (nSPS) is 10.1. The number of rotatable bonds is 5. The summed E-state index contributed by atoms with van der Waals surface area (Å²) in [6.45, 7) is 2.19. The summed E-state index contributed by atoms with van der Waals surface area (Å²) in [6, 6.07) is 9.59. The predicted octanol–water partition coefficient (Wildman–Crippen LogP) is 2.88. The highest BCUT2D eigenvalue weighted by atomic mass is 32.2. The van der Waals surface area contributed by atoms with Gasteiger partial charge in [-0.1, -0.05) is 12.1 Å². The van der Waals surface area contributed by atoms with Crippen molar-refractivity contribution in [2.75, 3.05) is 12.4 Å². The third-order valence-corrected chi connectivity index (χ3v) is 2.84. The second-order valence-corrected chi connectivity index (χ2v) is 4.18. The Bertz CT molecular complexity index is 449. The molecular weight excluding hydrogens is 234 g/mol. The van der Waals surface area contributed by atoms with Gasteiger partial charge in [0, 0.05) is 11.0 Å². The number of thioether (sulfide) groups is 1. The van der Waals surface area contributed by atoms with E-state index < -0.39 is 0 Å². The van der Waals surface area contributed by atoms with Crippen LogP contribution >= 0.6 is 11.8 Å². The van der Waals surface area contributed by atoms with E-state index >= 15 is 0 Å². The highest BCUT2D eigenvalue weighted by Crippen LogP contribution is 2.19. The van der Waals surface area contributed by atoms with E-state index in [1.54, 1.807) is 13.0 Å². The van der Waals surface area contributed by atoms with Gasteiger partial charge in [-0.15, -0.1) is 11.8 Å². The van der Waals surface area contributed by atoms with Crippen molar-refractivity contribution in [2.45, 2.75) is 11.8 Å². The fourth-order valence-corrected chi connectivity index (χ4v) is 1.95. The van der Waals surface area contributed by atoms with E-state index in [0.29, 0.717) is 12.4 Å². The van der Waals surface area contributed by atoms with Gasteiger partial charge in [0.15, 0.2) is 0 Å². The maximum Gasteiger partial charge on any atom is 0.316 e. The minimum atomic E-state index is -0.213. The molecule has 0 heterocycles. The van der Waals surface area contributed by atoms with Crippen LogP contribution in [0.1, 0.15) is 12.5 Å². The highest BCUT2D eigenvalue weighted by molar-refractivity contribution is 8.00. The van der Waals surface area contributed by atoms with Gasteiger partial charge in [0.2, 0.25) is 0 Å². The van der Waals surface area contributed by atoms with Crippen molar-refractivity contribution in [3.63, 3.8) is 0 Å². The highest BCUT2D eigenvalue weighted by Gasteiger charge is 2.02. The van der Waals surface area contributed by atoms with E-state index in [9.17, 15) is 4.79 Å². The molecule has 1 rings (SSSR count). The topological polar surface area (TPSA) is 50.1 Å². The molecule has 0 amide bonds. The van der Waals surface area contributed by atoms with Crippen molar-refractivity contribution >= 4 is 23.8 Å². The molecular formula is C13H13NO2S. The zero-order valence-corrected chi connectivity index (χ0v) is 10.4. The molecule has 0 radical (unpaired) electrons. The first-order chi connectivity index (χ1) is 8.26. The summed E-state index contributed by atoms with van der Waals surface area (Å²) in [5, 5.41) is 8.43. The predicted molar refractivity (Wildman–Crippen MR) is 68.4 cm³/mol. The molecule has 0 fully saturated rings. The largest absolute Gasteiger partial charge is 0.465 e. The van der Waals surface area contributed by atoms with Crippen LogP contribution in [0.25, 0.3) is 6.08 Å². The van der Waals surface area contributed by atoms with Crippen molar-refractivity contribution in [3.05, 3.63) is 35.9 Å². The molecule has 0 aromatic heterocycles. The minimum Gasteiger partial charge on any atom is -0.465 e. The van der Waals surface area contributed by atoms with Crippen LogP contribution in [0.3, 0.4) is 0 Å². The van der Waals surface area contributed by atoms with Gasteiger partial charge >= 0.3 is 5.97 Å². The number of carbonyl (C=O) groups excluding carboxylic acids is 1. The first-order valence-electron chi connectivity index (χ1n) is 5.21. The number of nitriles is 1. The molecule has 0 bridgehead atoms. The molecule has 4 heteroatoms. The zero-order chi connectivity index (χ0) is 12.5. The lowest BCUT2D eigenvalue weighted by Gasteiger charge is -2.02. The number of hydrogen-bond acceptors (Lipinski definition) is 4. The zero-order valence-electron chi connectivity index (χ0n) is 9.55. The average molecular weight is 247 g/mol. The average Bonchev–Trinajstić information content (AvgIpc) is 2.35. The van der Waals surface area contributed by atoms with Gasteiger partial charge in [-0.05, 0) is 30.7 Å². The van der Waals surface area contributed by atoms with Crippen molar-refractivity contribution in [1.29, 1.82) is 5.26 Å². The molecule has 0 aliphatic carbocycles. The van der Waals surface area contributed by atoms with Crippen LogP contribution in [-0.2, 0) is 9.53 Å². The van der Waals surface area contributed by atoms with E-state index in [-0.39, 0.29) is 5.97 Å². The Hall–Kier alpha value is -1.73. The Labute approximate surface area is 105 Å². The van der Waals surface area contributed by atoms with Crippen LogP contribution in [0.5, 0.6) is 0 Å². The van der Waals surface area contributed by atoms with Crippen LogP contribution in [-0.4, -0.2) is 18.3 Å². The number of ether oxygens (including phenoxy) is 1. The second-order valence-electron chi connectivity index (χ2n) is 3.13. The quantitative estimate of drug-likeness (QED) is 0.456. The van der Waals surface area contributed by atoms with Crippen molar-refractivity contribution < 1.29 is 9.53 Å². The smallest absolute Gasteiger partial charge is 0.316 e. The Morgan fingerprint density at radius 2 is 2.41 bits per heavy atom. The summed E-state index contributed by atoms with van der Waals surface area (Å²) in [4.78, 5) is 12.2. The van der Waals surface area contributed by atoms with Gasteiger partial charge in [-0.2, -0.15) is 5.26 Å². The summed E-state index contributed by atoms with van der Waals surface area (Å²) in [6.07, 6.45) is 3.16. The maximum absolute atomic E-state index is 11.2. The van der Waals surface area contributed by atoms with E-state index in [1.807, 2.05) is 30.3 Å². The molecule has 0 saturated carbocycles. The molecule has 0 spiro atoms. The van der Waals surface area contributed by atoms with Crippen LogP contribution < -0.4 is 0 Å². The fourth-order valence-electron chi connectivity index (χ4n) is 1.19. The van der Waals surface area contributed by atoms with Crippen LogP contribution in [0.4, 0.5) is 0 Å². The number of esters is 1. The van der Waals surface area contributed by atoms with Crippen molar-refractivity contribution in [1.82, 2.24) is 0 Å². The lowest BCUT2D eigenvalue weighted by molar-refractivity contribution is -0.139. The van der Waals surface area contributed by atoms with Crippen molar-refractivity contribution in [3.8, 4) is 6.07 Å². The van der Waals surface area contributed by atoms with E-state index in [0.717, 1.165) is 10.5 Å². The molecule has 0 saturated heterocycles. The van der Waals surface area contributed by atoms with Gasteiger partial charge in [-0.3, -0.25) is 4.79 Å². The maximum atomic E-state index is 11.2. The van der Waals surface area contributed by atoms with E-state index in [1.165, 1.54) is 17.8 Å². The summed E-state index contributed by atoms with van der Waals surface area (Å²) >= 11 is 1.42. The van der Waals surface area contributed by atoms with Gasteiger partial charge < -0.3 is 4.74 Å². The molecule has 0 atom stereocenters. The van der Waals surface area contributed by atoms with Crippen LogP contribution in [0.2, 0.25) is 0 Å². The number of nitrogens with zero attached hydrogens (tertiary/aromatic N) is 1. The molecule has 3 nitrogen and oxygen atoms in total. The standard InChI is InChI=1S/C13H13NO2S/c1-2-16-13(15)10-17-12-7-3-5-11(9-12)6-4-8-14/h3-7,9H,2,10H2,1H3/b6-4+. The molecule has 0 aliphatic rings. The number of hydrogen-bond donors (Lipinski definition) is 0.